The van der Waals surface area contributed by atoms with Crippen molar-refractivity contribution in [3.05, 3.63) is 29.3 Å². The number of hydrogen-bond acceptors (Lipinski definition) is 3. The van der Waals surface area contributed by atoms with E-state index in [4.69, 9.17) is 9.47 Å². The van der Waals surface area contributed by atoms with Crippen LogP contribution in [0, 0.1) is 0 Å². The van der Waals surface area contributed by atoms with Gasteiger partial charge in [-0.3, -0.25) is 0 Å². The zero-order chi connectivity index (χ0) is 24.2. The molecule has 0 heterocycles. The highest BCUT2D eigenvalue weighted by Gasteiger charge is 2.39. The van der Waals surface area contributed by atoms with Crippen molar-refractivity contribution in [1.82, 2.24) is 0 Å². The Balaban J connectivity index is 1.77. The molecule has 0 spiro atoms. The lowest BCUT2D eigenvalue weighted by molar-refractivity contribution is -0.160. The molecule has 3 nitrogen and oxygen atoms in total. The van der Waals surface area contributed by atoms with Gasteiger partial charge in [-0.2, -0.15) is 0 Å². The van der Waals surface area contributed by atoms with Crippen molar-refractivity contribution in [3.63, 3.8) is 0 Å². The first-order chi connectivity index (χ1) is 15.5. The summed E-state index contributed by atoms with van der Waals surface area (Å²) in [5, 5.41) is 10.9. The minimum absolute atomic E-state index is 0.00953. The van der Waals surface area contributed by atoms with Crippen molar-refractivity contribution in [2.75, 3.05) is 0 Å². The van der Waals surface area contributed by atoms with E-state index in [2.05, 4.69) is 47.6 Å². The van der Waals surface area contributed by atoms with Gasteiger partial charge >= 0.3 is 0 Å². The minimum Gasteiger partial charge on any atom is -0.508 e. The van der Waals surface area contributed by atoms with E-state index in [9.17, 15) is 5.11 Å². The van der Waals surface area contributed by atoms with E-state index in [-0.39, 0.29) is 22.4 Å². The summed E-state index contributed by atoms with van der Waals surface area (Å²) in [5.74, 6) is 0.386. The summed E-state index contributed by atoms with van der Waals surface area (Å²) in [6, 6.07) is 5.97. The molecule has 3 heteroatoms. The zero-order valence-electron chi connectivity index (χ0n) is 22.4. The monoisotopic (exact) mass is 458 g/mol. The van der Waals surface area contributed by atoms with Crippen LogP contribution in [0.5, 0.6) is 5.75 Å². The number of benzene rings is 1. The Labute approximate surface area is 203 Å². The Morgan fingerprint density at radius 1 is 0.727 bits per heavy atom. The molecule has 188 valence electrons. The van der Waals surface area contributed by atoms with Gasteiger partial charge in [0.15, 0.2) is 0 Å². The molecule has 0 amide bonds. The van der Waals surface area contributed by atoms with Crippen LogP contribution in [-0.2, 0) is 22.3 Å². The molecule has 0 aliphatic heterocycles. The lowest BCUT2D eigenvalue weighted by Gasteiger charge is -2.44. The van der Waals surface area contributed by atoms with Gasteiger partial charge in [0.05, 0.1) is 22.4 Å². The third kappa shape index (κ3) is 6.98. The standard InChI is InChI=1S/C30H50O3/c1-7-29(18-11-9-12-19-29)32-27(3,4)22-24-16-15-17-26(31)25(24)23-28(5,6)33-30(8-2)20-13-10-14-21-30/h15-17,31H,7-14,18-23H2,1-6H3. The van der Waals surface area contributed by atoms with E-state index in [1.165, 1.54) is 56.9 Å². The Hall–Kier alpha value is -1.06. The summed E-state index contributed by atoms with van der Waals surface area (Å²) in [4.78, 5) is 0. The summed E-state index contributed by atoms with van der Waals surface area (Å²) in [6.07, 6.45) is 16.0. The molecule has 0 radical (unpaired) electrons. The van der Waals surface area contributed by atoms with E-state index in [0.29, 0.717) is 12.2 Å². The third-order valence-electron chi connectivity index (χ3n) is 8.27. The molecule has 0 atom stereocenters. The molecule has 0 saturated heterocycles. The van der Waals surface area contributed by atoms with Gasteiger partial charge in [-0.15, -0.1) is 0 Å². The van der Waals surface area contributed by atoms with E-state index >= 15 is 0 Å². The van der Waals surface area contributed by atoms with E-state index in [1.54, 1.807) is 0 Å². The highest BCUT2D eigenvalue weighted by atomic mass is 16.5. The van der Waals surface area contributed by atoms with Crippen LogP contribution in [0.1, 0.15) is 130 Å². The SMILES string of the molecule is CCC1(OC(C)(C)Cc2cccc(O)c2CC(C)(C)OC2(CC)CCCCC2)CCCCC1. The lowest BCUT2D eigenvalue weighted by atomic mass is 9.80. The van der Waals surface area contributed by atoms with Gasteiger partial charge in [-0.25, -0.2) is 0 Å². The Morgan fingerprint density at radius 3 is 1.64 bits per heavy atom. The second-order valence-corrected chi connectivity index (χ2v) is 12.2. The summed E-state index contributed by atoms with van der Waals surface area (Å²) in [5.41, 5.74) is 1.59. The number of phenols is 1. The maximum Gasteiger partial charge on any atom is 0.119 e. The second kappa shape index (κ2) is 10.7. The molecule has 0 bridgehead atoms. The molecule has 1 N–H and O–H groups in total. The van der Waals surface area contributed by atoms with Crippen LogP contribution in [0.15, 0.2) is 18.2 Å². The average molecular weight is 459 g/mol. The number of rotatable bonds is 10. The van der Waals surface area contributed by atoms with Crippen molar-refractivity contribution in [2.45, 2.75) is 154 Å². The molecule has 2 aliphatic rings. The fourth-order valence-corrected chi connectivity index (χ4v) is 6.57. The van der Waals surface area contributed by atoms with Crippen LogP contribution in [-0.4, -0.2) is 27.5 Å². The van der Waals surface area contributed by atoms with Gasteiger partial charge in [0, 0.05) is 12.8 Å². The molecule has 0 aromatic heterocycles. The van der Waals surface area contributed by atoms with Gasteiger partial charge < -0.3 is 14.6 Å². The smallest absolute Gasteiger partial charge is 0.119 e. The first-order valence-corrected chi connectivity index (χ1v) is 13.7. The highest BCUT2D eigenvalue weighted by molar-refractivity contribution is 5.41. The van der Waals surface area contributed by atoms with Crippen molar-refractivity contribution in [1.29, 1.82) is 0 Å². The molecule has 2 fully saturated rings. The number of phenolic OH excluding ortho intramolecular Hbond substituents is 1. The quantitative estimate of drug-likeness (QED) is 0.383. The first kappa shape index (κ1) is 26.5. The third-order valence-corrected chi connectivity index (χ3v) is 8.27. The van der Waals surface area contributed by atoms with Gasteiger partial charge in [0.25, 0.3) is 0 Å². The lowest BCUT2D eigenvalue weighted by Crippen LogP contribution is -2.44. The first-order valence-electron chi connectivity index (χ1n) is 13.7. The van der Waals surface area contributed by atoms with E-state index < -0.39 is 0 Å². The van der Waals surface area contributed by atoms with Gasteiger partial charge in [-0.1, -0.05) is 64.5 Å². The predicted molar refractivity (Wildman–Crippen MR) is 138 cm³/mol. The molecule has 2 saturated carbocycles. The molecule has 0 unspecified atom stereocenters. The van der Waals surface area contributed by atoms with Crippen LogP contribution in [0.4, 0.5) is 0 Å². The normalized spacial score (nSPS) is 21.2. The van der Waals surface area contributed by atoms with Crippen molar-refractivity contribution < 1.29 is 14.6 Å². The van der Waals surface area contributed by atoms with Crippen LogP contribution in [0.2, 0.25) is 0 Å². The summed E-state index contributed by atoms with van der Waals surface area (Å²) < 4.78 is 13.8. The molecule has 1 aromatic rings. The highest BCUT2D eigenvalue weighted by Crippen LogP contribution is 2.41. The molecular weight excluding hydrogens is 408 g/mol. The number of hydrogen-bond donors (Lipinski definition) is 1. The Kier molecular flexibility index (Phi) is 8.60. The Bertz CT molecular complexity index is 752. The van der Waals surface area contributed by atoms with Crippen LogP contribution < -0.4 is 0 Å². The zero-order valence-corrected chi connectivity index (χ0v) is 22.4. The van der Waals surface area contributed by atoms with E-state index in [1.807, 2.05) is 12.1 Å². The maximum atomic E-state index is 10.9. The second-order valence-electron chi connectivity index (χ2n) is 12.2. The summed E-state index contributed by atoms with van der Waals surface area (Å²) >= 11 is 0. The molecular formula is C30H50O3. The summed E-state index contributed by atoms with van der Waals surface area (Å²) in [6.45, 7) is 13.4. The van der Waals surface area contributed by atoms with E-state index in [0.717, 1.165) is 37.7 Å². The maximum absolute atomic E-state index is 10.9. The van der Waals surface area contributed by atoms with Crippen LogP contribution in [0.25, 0.3) is 0 Å². The van der Waals surface area contributed by atoms with Crippen molar-refractivity contribution >= 4 is 0 Å². The number of aromatic hydroxyl groups is 1. The molecule has 2 aliphatic carbocycles. The van der Waals surface area contributed by atoms with Gasteiger partial charge in [0.1, 0.15) is 5.75 Å². The van der Waals surface area contributed by atoms with Gasteiger partial charge in [-0.05, 0) is 83.4 Å². The number of ether oxygens (including phenoxy) is 2. The summed E-state index contributed by atoms with van der Waals surface area (Å²) in [7, 11) is 0. The predicted octanol–water partition coefficient (Wildman–Crippen LogP) is 8.29. The fourth-order valence-electron chi connectivity index (χ4n) is 6.57. The molecule has 3 rings (SSSR count). The molecule has 1 aromatic carbocycles. The fraction of sp³-hybridized carbons (Fsp3) is 0.800. The average Bonchev–Trinajstić information content (AvgIpc) is 2.76. The molecule has 33 heavy (non-hydrogen) atoms. The van der Waals surface area contributed by atoms with Crippen molar-refractivity contribution in [2.24, 2.45) is 0 Å². The minimum atomic E-state index is -0.333. The Morgan fingerprint density at radius 2 is 1.18 bits per heavy atom. The van der Waals surface area contributed by atoms with Gasteiger partial charge in [0.2, 0.25) is 0 Å². The van der Waals surface area contributed by atoms with Crippen LogP contribution >= 0.6 is 0 Å². The van der Waals surface area contributed by atoms with Crippen molar-refractivity contribution in [3.8, 4) is 5.75 Å². The van der Waals surface area contributed by atoms with Crippen LogP contribution in [0.3, 0.4) is 0 Å². The largest absolute Gasteiger partial charge is 0.508 e. The topological polar surface area (TPSA) is 38.7 Å².